The number of hydrogen-bond acceptors (Lipinski definition) is 6. The van der Waals surface area contributed by atoms with Crippen molar-refractivity contribution < 1.29 is 14.6 Å². The van der Waals surface area contributed by atoms with Crippen LogP contribution in [0.3, 0.4) is 0 Å². The second-order valence-corrected chi connectivity index (χ2v) is 9.21. The lowest BCUT2D eigenvalue weighted by atomic mass is 9.86. The van der Waals surface area contributed by atoms with Gasteiger partial charge in [0.25, 0.3) is 0 Å². The standard InChI is InChI=1S/C24H30ClN3O3/c1-24(2,17-13-27-14-17)31-22-11-16(15-6-7-21(29)19(25)9-15)10-20(18(22)12-26)28-23-5-3-4-8-30-23/h6-7,9-12,17,23,26-29H,3-5,8,13-14H2,1-2H3. The van der Waals surface area contributed by atoms with Crippen molar-refractivity contribution >= 4 is 23.5 Å². The average Bonchev–Trinajstić information content (AvgIpc) is 2.68. The summed E-state index contributed by atoms with van der Waals surface area (Å²) >= 11 is 6.17. The van der Waals surface area contributed by atoms with Gasteiger partial charge in [-0.15, -0.1) is 0 Å². The van der Waals surface area contributed by atoms with Crippen LogP contribution >= 0.6 is 11.6 Å². The number of aromatic hydroxyl groups is 1. The summed E-state index contributed by atoms with van der Waals surface area (Å²) in [6.45, 7) is 6.75. The summed E-state index contributed by atoms with van der Waals surface area (Å²) < 4.78 is 12.4. The van der Waals surface area contributed by atoms with E-state index in [9.17, 15) is 5.11 Å². The van der Waals surface area contributed by atoms with Crippen LogP contribution in [0.1, 0.15) is 38.7 Å². The van der Waals surface area contributed by atoms with Crippen molar-refractivity contribution in [2.24, 2.45) is 5.92 Å². The number of benzene rings is 2. The first-order valence-corrected chi connectivity index (χ1v) is 11.2. The lowest BCUT2D eigenvalue weighted by Crippen LogP contribution is -2.55. The van der Waals surface area contributed by atoms with Crippen LogP contribution in [0.2, 0.25) is 5.02 Å². The highest BCUT2D eigenvalue weighted by Crippen LogP contribution is 2.39. The van der Waals surface area contributed by atoms with Gasteiger partial charge in [-0.05, 0) is 68.5 Å². The van der Waals surface area contributed by atoms with Crippen molar-refractivity contribution in [3.8, 4) is 22.6 Å². The van der Waals surface area contributed by atoms with Gasteiger partial charge in [0.15, 0.2) is 0 Å². The largest absolute Gasteiger partial charge is 0.506 e. The molecule has 2 aliphatic heterocycles. The molecule has 2 saturated heterocycles. The van der Waals surface area contributed by atoms with Crippen LogP contribution in [0.25, 0.3) is 11.1 Å². The van der Waals surface area contributed by atoms with E-state index in [1.54, 1.807) is 12.1 Å². The average molecular weight is 444 g/mol. The summed E-state index contributed by atoms with van der Waals surface area (Å²) in [6, 6.07) is 9.09. The summed E-state index contributed by atoms with van der Waals surface area (Å²) in [4.78, 5) is 0. The first-order chi connectivity index (χ1) is 14.9. The minimum absolute atomic E-state index is 0.0468. The molecule has 31 heavy (non-hydrogen) atoms. The number of ether oxygens (including phenoxy) is 2. The third-order valence-electron chi connectivity index (χ3n) is 6.20. The molecule has 1 atom stereocenters. The fourth-order valence-electron chi connectivity index (χ4n) is 4.01. The molecule has 0 aromatic heterocycles. The van der Waals surface area contributed by atoms with E-state index in [1.807, 2.05) is 18.2 Å². The minimum atomic E-state index is -0.382. The highest BCUT2D eigenvalue weighted by atomic mass is 35.5. The number of halogens is 1. The topological polar surface area (TPSA) is 86.6 Å². The molecule has 6 nitrogen and oxygen atoms in total. The number of nitrogens with one attached hydrogen (secondary N) is 3. The van der Waals surface area contributed by atoms with E-state index in [1.165, 1.54) is 6.21 Å². The molecule has 2 fully saturated rings. The first kappa shape index (κ1) is 21.9. The van der Waals surface area contributed by atoms with E-state index < -0.39 is 0 Å². The molecule has 1 unspecified atom stereocenters. The van der Waals surface area contributed by atoms with Gasteiger partial charge in [-0.3, -0.25) is 0 Å². The quantitative estimate of drug-likeness (QED) is 0.451. The maximum atomic E-state index is 9.82. The van der Waals surface area contributed by atoms with Crippen molar-refractivity contribution in [3.05, 3.63) is 40.9 Å². The molecular formula is C24H30ClN3O3. The van der Waals surface area contributed by atoms with Crippen molar-refractivity contribution in [2.45, 2.75) is 44.9 Å². The maximum Gasteiger partial charge on any atom is 0.134 e. The number of hydrogen-bond donors (Lipinski definition) is 4. The summed E-state index contributed by atoms with van der Waals surface area (Å²) in [5.41, 5.74) is 2.86. The van der Waals surface area contributed by atoms with Crippen LogP contribution in [0, 0.1) is 11.3 Å². The maximum absolute atomic E-state index is 9.82. The van der Waals surface area contributed by atoms with Crippen LogP contribution in [0.5, 0.6) is 11.5 Å². The van der Waals surface area contributed by atoms with Crippen LogP contribution in [0.4, 0.5) is 5.69 Å². The van der Waals surface area contributed by atoms with Crippen molar-refractivity contribution in [1.29, 1.82) is 5.41 Å². The van der Waals surface area contributed by atoms with E-state index in [2.05, 4.69) is 24.5 Å². The number of phenolic OH excluding ortho intramolecular Hbond substituents is 1. The van der Waals surface area contributed by atoms with Crippen molar-refractivity contribution in [1.82, 2.24) is 5.32 Å². The zero-order valence-electron chi connectivity index (χ0n) is 18.0. The summed E-state index contributed by atoms with van der Waals surface area (Å²) in [6.07, 6.45) is 4.34. The lowest BCUT2D eigenvalue weighted by Gasteiger charge is -2.41. The van der Waals surface area contributed by atoms with Gasteiger partial charge in [0.2, 0.25) is 0 Å². The molecule has 2 heterocycles. The van der Waals surface area contributed by atoms with Gasteiger partial charge in [0.05, 0.1) is 10.6 Å². The minimum Gasteiger partial charge on any atom is -0.506 e. The van der Waals surface area contributed by atoms with Gasteiger partial charge in [-0.2, -0.15) is 0 Å². The zero-order valence-corrected chi connectivity index (χ0v) is 18.8. The Bertz CT molecular complexity index is 953. The van der Waals surface area contributed by atoms with E-state index in [4.69, 9.17) is 26.5 Å². The molecule has 0 aliphatic carbocycles. The Morgan fingerprint density at radius 3 is 2.65 bits per heavy atom. The first-order valence-electron chi connectivity index (χ1n) is 10.8. The van der Waals surface area contributed by atoms with Gasteiger partial charge < -0.3 is 30.6 Å². The third kappa shape index (κ3) is 4.81. The zero-order chi connectivity index (χ0) is 22.0. The van der Waals surface area contributed by atoms with E-state index in [-0.39, 0.29) is 17.6 Å². The molecule has 2 aliphatic rings. The molecule has 2 aromatic rings. The lowest BCUT2D eigenvalue weighted by molar-refractivity contribution is 0.0180. The van der Waals surface area contributed by atoms with Gasteiger partial charge >= 0.3 is 0 Å². The SMILES string of the molecule is CC(C)(Oc1cc(-c2ccc(O)c(Cl)c2)cc(NC2CCCCO2)c1C=N)C1CNC1. The summed E-state index contributed by atoms with van der Waals surface area (Å²) in [7, 11) is 0. The molecule has 2 aromatic carbocycles. The number of anilines is 1. The number of rotatable bonds is 7. The molecule has 0 radical (unpaired) electrons. The molecule has 7 heteroatoms. The van der Waals surface area contributed by atoms with Gasteiger partial charge in [0, 0.05) is 37.5 Å². The normalized spacial score (nSPS) is 19.5. The predicted molar refractivity (Wildman–Crippen MR) is 125 cm³/mol. The Morgan fingerprint density at radius 1 is 1.23 bits per heavy atom. The highest BCUT2D eigenvalue weighted by Gasteiger charge is 2.36. The molecular weight excluding hydrogens is 414 g/mol. The smallest absolute Gasteiger partial charge is 0.134 e. The molecule has 0 spiro atoms. The molecule has 166 valence electrons. The Hall–Kier alpha value is -2.28. The number of phenols is 1. The Kier molecular flexibility index (Phi) is 6.42. The monoisotopic (exact) mass is 443 g/mol. The fraction of sp³-hybridized carbons (Fsp3) is 0.458. The molecule has 0 saturated carbocycles. The summed E-state index contributed by atoms with van der Waals surface area (Å²) in [5.74, 6) is 1.09. The predicted octanol–water partition coefficient (Wildman–Crippen LogP) is 5.03. The Balaban J connectivity index is 1.75. The highest BCUT2D eigenvalue weighted by molar-refractivity contribution is 6.32. The van der Waals surface area contributed by atoms with Gasteiger partial charge in [-0.1, -0.05) is 17.7 Å². The molecule has 4 rings (SSSR count). The Morgan fingerprint density at radius 2 is 2.03 bits per heavy atom. The second kappa shape index (κ2) is 9.07. The molecule has 4 N–H and O–H groups in total. The third-order valence-corrected chi connectivity index (χ3v) is 6.50. The molecule has 0 bridgehead atoms. The van der Waals surface area contributed by atoms with E-state index in [0.29, 0.717) is 22.3 Å². The van der Waals surface area contributed by atoms with Gasteiger partial charge in [-0.25, -0.2) is 0 Å². The van der Waals surface area contributed by atoms with Crippen LogP contribution in [-0.4, -0.2) is 42.8 Å². The van der Waals surface area contributed by atoms with Gasteiger partial charge in [0.1, 0.15) is 23.3 Å². The van der Waals surface area contributed by atoms with Crippen LogP contribution in [0.15, 0.2) is 30.3 Å². The van der Waals surface area contributed by atoms with E-state index >= 15 is 0 Å². The van der Waals surface area contributed by atoms with Crippen molar-refractivity contribution in [3.63, 3.8) is 0 Å². The van der Waals surface area contributed by atoms with Crippen LogP contribution in [-0.2, 0) is 4.74 Å². The van der Waals surface area contributed by atoms with E-state index in [0.717, 1.165) is 55.8 Å². The molecule has 0 amide bonds. The second-order valence-electron chi connectivity index (χ2n) is 8.81. The van der Waals surface area contributed by atoms with Crippen LogP contribution < -0.4 is 15.4 Å². The Labute approximate surface area is 188 Å². The van der Waals surface area contributed by atoms with Crippen molar-refractivity contribution in [2.75, 3.05) is 25.0 Å². The fourth-order valence-corrected chi connectivity index (χ4v) is 4.19. The summed E-state index contributed by atoms with van der Waals surface area (Å²) in [5, 5.41) is 25.0.